The molecule has 0 bridgehead atoms. The van der Waals surface area contributed by atoms with Gasteiger partial charge in [0, 0.05) is 50.5 Å². The molecule has 4 nitrogen and oxygen atoms in total. The van der Waals surface area contributed by atoms with E-state index in [1.807, 2.05) is 12.1 Å². The fourth-order valence-electron chi connectivity index (χ4n) is 8.47. The van der Waals surface area contributed by atoms with Gasteiger partial charge in [-0.05, 0) is 79.1 Å². The molecule has 4 aromatic carbocycles. The standard InChI is InChI=1S/C45H34N4/c1-29-25-31(48-41-17-6-3-12-36(41)37-13-4-7-18-42(37)48)22-24-32(29)33-15-10-16-34(40(33)28-47)35-11-2-8-19-43(35)49-44-20-9-5-14-38(44)39-23-21-30(27-46)26-45(39)49/h2-4,6,8-13,15-17,19-26,29,32H,5,7,14,18H2,1H3. The van der Waals surface area contributed by atoms with Crippen LogP contribution in [0, 0.1) is 28.6 Å². The van der Waals surface area contributed by atoms with Gasteiger partial charge in [-0.15, -0.1) is 0 Å². The smallest absolute Gasteiger partial charge is 0.100 e. The van der Waals surface area contributed by atoms with Crippen molar-refractivity contribution in [2.24, 2.45) is 5.92 Å². The highest BCUT2D eigenvalue weighted by Gasteiger charge is 2.27. The van der Waals surface area contributed by atoms with Crippen LogP contribution in [0.4, 0.5) is 0 Å². The number of hydrogen-bond donors (Lipinski definition) is 0. The number of aromatic nitrogens is 2. The predicted octanol–water partition coefficient (Wildman–Crippen LogP) is 10.7. The van der Waals surface area contributed by atoms with E-state index >= 15 is 0 Å². The molecule has 0 saturated carbocycles. The highest BCUT2D eigenvalue weighted by molar-refractivity contribution is 5.96. The molecule has 0 amide bonds. The van der Waals surface area contributed by atoms with E-state index in [-0.39, 0.29) is 11.8 Å². The van der Waals surface area contributed by atoms with Crippen LogP contribution in [0.2, 0.25) is 0 Å². The average molecular weight is 631 g/mol. The summed E-state index contributed by atoms with van der Waals surface area (Å²) in [5.74, 6) is 0.243. The maximum Gasteiger partial charge on any atom is 0.100 e. The summed E-state index contributed by atoms with van der Waals surface area (Å²) in [5, 5.41) is 23.1. The second-order valence-corrected chi connectivity index (χ2v) is 13.4. The number of benzene rings is 4. The molecule has 2 aromatic heterocycles. The maximum atomic E-state index is 10.8. The third-order valence-corrected chi connectivity index (χ3v) is 10.7. The summed E-state index contributed by atoms with van der Waals surface area (Å²) in [7, 11) is 0. The van der Waals surface area contributed by atoms with E-state index in [1.165, 1.54) is 38.8 Å². The molecule has 0 spiro atoms. The summed E-state index contributed by atoms with van der Waals surface area (Å²) in [6, 6.07) is 34.4. The van der Waals surface area contributed by atoms with Gasteiger partial charge in [-0.1, -0.05) is 98.0 Å². The van der Waals surface area contributed by atoms with Crippen molar-refractivity contribution in [3.63, 3.8) is 0 Å². The zero-order chi connectivity index (χ0) is 33.1. The van der Waals surface area contributed by atoms with Crippen molar-refractivity contribution in [1.29, 1.82) is 10.5 Å². The van der Waals surface area contributed by atoms with Crippen molar-refractivity contribution in [3.05, 3.63) is 155 Å². The number of aryl methyl sites for hydroxylation is 1. The van der Waals surface area contributed by atoms with Gasteiger partial charge in [-0.2, -0.15) is 10.5 Å². The van der Waals surface area contributed by atoms with E-state index < -0.39 is 0 Å². The van der Waals surface area contributed by atoms with Gasteiger partial charge in [0.15, 0.2) is 0 Å². The molecule has 2 atom stereocenters. The van der Waals surface area contributed by atoms with Gasteiger partial charge in [0.2, 0.25) is 0 Å². The monoisotopic (exact) mass is 630 g/mol. The molecule has 0 saturated heterocycles. The van der Waals surface area contributed by atoms with Crippen LogP contribution in [0.15, 0.2) is 115 Å². The van der Waals surface area contributed by atoms with E-state index in [0.717, 1.165) is 59.3 Å². The average Bonchev–Trinajstić information content (AvgIpc) is 3.67. The number of hydrogen-bond acceptors (Lipinski definition) is 2. The second kappa shape index (κ2) is 11.6. The maximum absolute atomic E-state index is 10.8. The quantitative estimate of drug-likeness (QED) is 0.195. The SMILES string of the molecule is CC1C=C(n2c3c(c4ccccc42)C=CCC3)C=CC1c1cccc(-c2ccccc2-n2c3c(c4ccc(C#N)cc42)CCC=C3)c1C#N. The Morgan fingerprint density at radius 1 is 0.714 bits per heavy atom. The summed E-state index contributed by atoms with van der Waals surface area (Å²) in [4.78, 5) is 0. The van der Waals surface area contributed by atoms with Crippen LogP contribution >= 0.6 is 0 Å². The van der Waals surface area contributed by atoms with E-state index in [4.69, 9.17) is 0 Å². The van der Waals surface area contributed by atoms with E-state index in [2.05, 4.69) is 144 Å². The third-order valence-electron chi connectivity index (χ3n) is 10.7. The van der Waals surface area contributed by atoms with Crippen molar-refractivity contribution in [1.82, 2.24) is 9.13 Å². The van der Waals surface area contributed by atoms with Crippen LogP contribution in [0.1, 0.15) is 64.9 Å². The topological polar surface area (TPSA) is 57.4 Å². The molecule has 3 aliphatic rings. The first-order valence-electron chi connectivity index (χ1n) is 17.2. The normalized spacial score (nSPS) is 17.8. The number of para-hydroxylation sites is 2. The van der Waals surface area contributed by atoms with Gasteiger partial charge >= 0.3 is 0 Å². The lowest BCUT2D eigenvalue weighted by atomic mass is 9.79. The Morgan fingerprint density at radius 2 is 1.53 bits per heavy atom. The summed E-state index contributed by atoms with van der Waals surface area (Å²) < 4.78 is 4.74. The first kappa shape index (κ1) is 29.1. The fraction of sp³-hybridized carbons (Fsp3) is 0.156. The van der Waals surface area contributed by atoms with Crippen molar-refractivity contribution in [2.75, 3.05) is 0 Å². The first-order valence-corrected chi connectivity index (χ1v) is 17.2. The third kappa shape index (κ3) is 4.49. The molecule has 0 fully saturated rings. The minimum Gasteiger partial charge on any atom is -0.313 e. The summed E-state index contributed by atoms with van der Waals surface area (Å²) in [5.41, 5.74) is 14.0. The number of fused-ring (bicyclic) bond motifs is 6. The largest absolute Gasteiger partial charge is 0.313 e. The Labute approximate surface area is 286 Å². The van der Waals surface area contributed by atoms with Gasteiger partial charge in [0.05, 0.1) is 33.9 Å². The van der Waals surface area contributed by atoms with Gasteiger partial charge in [-0.3, -0.25) is 0 Å². The van der Waals surface area contributed by atoms with Crippen molar-refractivity contribution >= 4 is 39.7 Å². The lowest BCUT2D eigenvalue weighted by Crippen LogP contribution is -2.14. The Hall–Kier alpha value is -6.10. The lowest BCUT2D eigenvalue weighted by Gasteiger charge is -2.27. The molecule has 0 radical (unpaired) electrons. The molecular formula is C45H34N4. The molecular weight excluding hydrogens is 597 g/mol. The van der Waals surface area contributed by atoms with E-state index in [9.17, 15) is 10.5 Å². The molecule has 234 valence electrons. The van der Waals surface area contributed by atoms with E-state index in [1.54, 1.807) is 0 Å². The minimum atomic E-state index is 0.0596. The van der Waals surface area contributed by atoms with Gasteiger partial charge in [0.1, 0.15) is 6.07 Å². The summed E-state index contributed by atoms with van der Waals surface area (Å²) >= 11 is 0. The number of allylic oxidation sites excluding steroid dienone is 6. The summed E-state index contributed by atoms with van der Waals surface area (Å²) in [6.45, 7) is 2.27. The Balaban J connectivity index is 1.16. The molecule has 2 heterocycles. The lowest BCUT2D eigenvalue weighted by molar-refractivity contribution is 0.632. The molecule has 0 N–H and O–H groups in total. The molecule has 0 aliphatic heterocycles. The molecule has 49 heavy (non-hydrogen) atoms. The number of nitrogens with zero attached hydrogens (tertiary/aromatic N) is 4. The van der Waals surface area contributed by atoms with E-state index in [0.29, 0.717) is 11.1 Å². The van der Waals surface area contributed by atoms with Crippen LogP contribution in [0.5, 0.6) is 0 Å². The Kier molecular flexibility index (Phi) is 6.85. The predicted molar refractivity (Wildman–Crippen MR) is 200 cm³/mol. The fourth-order valence-corrected chi connectivity index (χ4v) is 8.47. The molecule has 9 rings (SSSR count). The van der Waals surface area contributed by atoms with Crippen molar-refractivity contribution in [2.45, 2.75) is 38.5 Å². The van der Waals surface area contributed by atoms with Crippen LogP contribution in [0.25, 0.3) is 56.5 Å². The minimum absolute atomic E-state index is 0.0596. The number of nitriles is 2. The van der Waals surface area contributed by atoms with Crippen LogP contribution in [-0.2, 0) is 12.8 Å². The highest BCUT2D eigenvalue weighted by atomic mass is 15.0. The zero-order valence-corrected chi connectivity index (χ0v) is 27.4. The number of rotatable bonds is 4. The Morgan fingerprint density at radius 3 is 2.41 bits per heavy atom. The zero-order valence-electron chi connectivity index (χ0n) is 27.4. The van der Waals surface area contributed by atoms with Gasteiger partial charge in [-0.25, -0.2) is 0 Å². The Bertz CT molecular complexity index is 2550. The molecule has 3 aliphatic carbocycles. The first-order chi connectivity index (χ1) is 24.2. The van der Waals surface area contributed by atoms with Gasteiger partial charge < -0.3 is 9.13 Å². The second-order valence-electron chi connectivity index (χ2n) is 13.4. The molecule has 2 unspecified atom stereocenters. The highest BCUT2D eigenvalue weighted by Crippen LogP contribution is 2.43. The van der Waals surface area contributed by atoms with Crippen LogP contribution < -0.4 is 0 Å². The van der Waals surface area contributed by atoms with Crippen LogP contribution in [0.3, 0.4) is 0 Å². The van der Waals surface area contributed by atoms with Crippen LogP contribution in [-0.4, -0.2) is 9.13 Å². The summed E-state index contributed by atoms with van der Waals surface area (Å²) in [6.07, 6.45) is 20.0. The van der Waals surface area contributed by atoms with Crippen molar-refractivity contribution in [3.8, 4) is 29.0 Å². The van der Waals surface area contributed by atoms with Crippen molar-refractivity contribution < 1.29 is 0 Å². The molecule has 6 aromatic rings. The van der Waals surface area contributed by atoms with Gasteiger partial charge in [0.25, 0.3) is 0 Å². The molecule has 4 heteroatoms.